The summed E-state index contributed by atoms with van der Waals surface area (Å²) >= 11 is 1.62. The van der Waals surface area contributed by atoms with Crippen LogP contribution < -0.4 is 24.8 Å². The quantitative estimate of drug-likeness (QED) is 0.509. The molecule has 0 unspecified atom stereocenters. The number of hydrogen-bond donors (Lipinski definition) is 0. The Morgan fingerprint density at radius 1 is 1.08 bits per heavy atom. The van der Waals surface area contributed by atoms with Gasteiger partial charge in [0.15, 0.2) is 0 Å². The van der Waals surface area contributed by atoms with Crippen LogP contribution in [0.1, 0.15) is 26.7 Å². The third-order valence-corrected chi connectivity index (χ3v) is 3.15. The standard InChI is InChI=1S/C5H5.C5H10.2ClH.Zr/c1-2-4-5-3-1;1-3-5-4-2;;;/h1-5H;3-4H2,1-2H3;2*1H;/q-1;;;;+2/p-2. The van der Waals surface area contributed by atoms with E-state index in [1.165, 1.54) is 12.8 Å². The SMILES string of the molecule is CC[C](=[Zr+2])CC.[Cl-].[Cl-].c1cc[cH-]c1. The van der Waals surface area contributed by atoms with Gasteiger partial charge in [-0.15, -0.1) is 0 Å². The molecule has 0 heterocycles. The van der Waals surface area contributed by atoms with Crippen LogP contribution in [0.4, 0.5) is 0 Å². The molecule has 1 aromatic rings. The summed E-state index contributed by atoms with van der Waals surface area (Å²) in [6, 6.07) is 10.0. The molecule has 13 heavy (non-hydrogen) atoms. The number of rotatable bonds is 2. The van der Waals surface area contributed by atoms with E-state index in [4.69, 9.17) is 0 Å². The van der Waals surface area contributed by atoms with Crippen molar-refractivity contribution in [2.24, 2.45) is 0 Å². The molecule has 1 aromatic carbocycles. The van der Waals surface area contributed by atoms with Gasteiger partial charge in [0.25, 0.3) is 0 Å². The Kier molecular flexibility index (Phi) is 22.5. The first-order chi connectivity index (χ1) is 5.31. The summed E-state index contributed by atoms with van der Waals surface area (Å²) in [5, 5.41) is 0. The molecule has 1 rings (SSSR count). The van der Waals surface area contributed by atoms with Crippen LogP contribution in [0.25, 0.3) is 0 Å². The van der Waals surface area contributed by atoms with Gasteiger partial charge in [-0.3, -0.25) is 0 Å². The Labute approximate surface area is 109 Å². The molecule has 0 fully saturated rings. The van der Waals surface area contributed by atoms with Crippen LogP contribution in [-0.4, -0.2) is 3.21 Å². The van der Waals surface area contributed by atoms with Gasteiger partial charge in [-0.1, -0.05) is 0 Å². The maximum absolute atomic E-state index is 2.22. The van der Waals surface area contributed by atoms with Crippen LogP contribution in [0.15, 0.2) is 30.3 Å². The van der Waals surface area contributed by atoms with E-state index < -0.39 is 0 Å². The van der Waals surface area contributed by atoms with Crippen molar-refractivity contribution in [2.75, 3.05) is 0 Å². The summed E-state index contributed by atoms with van der Waals surface area (Å²) in [6.07, 6.45) is 2.57. The second kappa shape index (κ2) is 15.2. The van der Waals surface area contributed by atoms with Crippen LogP contribution in [-0.2, 0) is 24.2 Å². The van der Waals surface area contributed by atoms with Gasteiger partial charge in [0.1, 0.15) is 0 Å². The van der Waals surface area contributed by atoms with Crippen LogP contribution in [0, 0.1) is 0 Å². The molecule has 0 atom stereocenters. The average molecular weight is 297 g/mol. The minimum atomic E-state index is 0. The van der Waals surface area contributed by atoms with Gasteiger partial charge in [-0.25, -0.2) is 12.1 Å². The van der Waals surface area contributed by atoms with Crippen molar-refractivity contribution in [2.45, 2.75) is 26.7 Å². The van der Waals surface area contributed by atoms with Crippen molar-refractivity contribution in [1.29, 1.82) is 0 Å². The van der Waals surface area contributed by atoms with E-state index in [0.717, 1.165) is 0 Å². The molecule has 0 saturated carbocycles. The monoisotopic (exact) mass is 295 g/mol. The first-order valence-corrected chi connectivity index (χ1v) is 5.27. The predicted octanol–water partition coefficient (Wildman–Crippen LogP) is -3.06. The van der Waals surface area contributed by atoms with Gasteiger partial charge in [0, 0.05) is 0 Å². The largest absolute Gasteiger partial charge is 1.00 e. The van der Waals surface area contributed by atoms with Crippen LogP contribution >= 0.6 is 0 Å². The summed E-state index contributed by atoms with van der Waals surface area (Å²) < 4.78 is 1.68. The predicted molar refractivity (Wildman–Crippen MR) is 47.6 cm³/mol. The molecule has 0 aliphatic carbocycles. The Bertz CT molecular complexity index is 148. The van der Waals surface area contributed by atoms with E-state index >= 15 is 0 Å². The zero-order valence-electron chi connectivity index (χ0n) is 8.06. The van der Waals surface area contributed by atoms with Gasteiger partial charge in [-0.05, 0) is 0 Å². The summed E-state index contributed by atoms with van der Waals surface area (Å²) in [6.45, 7) is 4.43. The van der Waals surface area contributed by atoms with E-state index in [0.29, 0.717) is 0 Å². The molecule has 0 aliphatic rings. The van der Waals surface area contributed by atoms with Crippen molar-refractivity contribution < 1.29 is 49.0 Å². The fourth-order valence-electron chi connectivity index (χ4n) is 0.571. The Balaban J connectivity index is -0.000000134. The van der Waals surface area contributed by atoms with E-state index in [1.807, 2.05) is 30.3 Å². The first-order valence-electron chi connectivity index (χ1n) is 4.04. The minimum Gasteiger partial charge on any atom is -1.00 e. The third kappa shape index (κ3) is 15.4. The number of halogens is 2. The average Bonchev–Trinajstić information content (AvgIpc) is 2.60. The fraction of sp³-hybridized carbons (Fsp3) is 0.400. The van der Waals surface area contributed by atoms with E-state index in [1.54, 1.807) is 27.4 Å². The van der Waals surface area contributed by atoms with Gasteiger partial charge in [0.2, 0.25) is 0 Å². The molecule has 0 radical (unpaired) electrons. The van der Waals surface area contributed by atoms with E-state index in [-0.39, 0.29) is 24.8 Å². The molecule has 74 valence electrons. The Morgan fingerprint density at radius 2 is 1.46 bits per heavy atom. The maximum Gasteiger partial charge on any atom is -0.172 e. The molecule has 3 heteroatoms. The summed E-state index contributed by atoms with van der Waals surface area (Å²) in [7, 11) is 0. The van der Waals surface area contributed by atoms with Gasteiger partial charge < -0.3 is 24.8 Å². The van der Waals surface area contributed by atoms with E-state index in [9.17, 15) is 0 Å². The molecule has 0 aliphatic heterocycles. The molecule has 0 spiro atoms. The van der Waals surface area contributed by atoms with E-state index in [2.05, 4.69) is 13.8 Å². The smallest absolute Gasteiger partial charge is 0.172 e. The molecule has 0 aromatic heterocycles. The van der Waals surface area contributed by atoms with Crippen molar-refractivity contribution in [1.82, 2.24) is 0 Å². The van der Waals surface area contributed by atoms with Crippen molar-refractivity contribution in [3.63, 3.8) is 0 Å². The van der Waals surface area contributed by atoms with Crippen LogP contribution in [0.2, 0.25) is 0 Å². The molecular formula is C10H15Cl2Zr-. The third-order valence-electron chi connectivity index (χ3n) is 1.41. The fourth-order valence-corrected chi connectivity index (χ4v) is 0.571. The van der Waals surface area contributed by atoms with Gasteiger partial charge in [0.05, 0.1) is 0 Å². The Hall–Kier alpha value is 0.683. The molecule has 0 amide bonds. The first kappa shape index (κ1) is 19.3. The van der Waals surface area contributed by atoms with Crippen LogP contribution in [0.5, 0.6) is 0 Å². The molecule has 0 saturated heterocycles. The summed E-state index contributed by atoms with van der Waals surface area (Å²) in [5.41, 5.74) is 0. The molecule has 0 bridgehead atoms. The minimum absolute atomic E-state index is 0. The number of hydrogen-bond acceptors (Lipinski definition) is 0. The Morgan fingerprint density at radius 3 is 1.54 bits per heavy atom. The molecule has 0 N–H and O–H groups in total. The molecular weight excluding hydrogens is 282 g/mol. The normalized spacial score (nSPS) is 7.08. The zero-order valence-corrected chi connectivity index (χ0v) is 12.0. The maximum atomic E-state index is 2.22. The summed E-state index contributed by atoms with van der Waals surface area (Å²) in [4.78, 5) is 0. The van der Waals surface area contributed by atoms with Gasteiger partial charge in [-0.2, -0.15) is 18.2 Å². The second-order valence-electron chi connectivity index (χ2n) is 2.27. The topological polar surface area (TPSA) is 0 Å². The van der Waals surface area contributed by atoms with Crippen molar-refractivity contribution >= 4 is 3.21 Å². The van der Waals surface area contributed by atoms with Crippen molar-refractivity contribution in [3.05, 3.63) is 30.3 Å². The summed E-state index contributed by atoms with van der Waals surface area (Å²) in [5.74, 6) is 0. The molecule has 0 nitrogen and oxygen atoms in total. The zero-order chi connectivity index (χ0) is 8.53. The van der Waals surface area contributed by atoms with Crippen LogP contribution in [0.3, 0.4) is 0 Å². The van der Waals surface area contributed by atoms with Gasteiger partial charge >= 0.3 is 54.1 Å². The second-order valence-corrected chi connectivity index (χ2v) is 4.01. The van der Waals surface area contributed by atoms with Crippen molar-refractivity contribution in [3.8, 4) is 0 Å².